The van der Waals surface area contributed by atoms with E-state index in [4.69, 9.17) is 35.3 Å². The van der Waals surface area contributed by atoms with E-state index in [-0.39, 0.29) is 47.4 Å². The molecule has 36 heavy (non-hydrogen) atoms. The monoisotopic (exact) mass is 604 g/mol. The molecular weight excluding hydrogens is 584 g/mol. The molecule has 0 aliphatic rings. The van der Waals surface area contributed by atoms with Crippen molar-refractivity contribution >= 4 is 43.6 Å². The standard InChI is InChI=1S/C20H22BrClN6O7S/c1-12(31-2)27-36(29,30)28-18-17(35-16-8-14(32-3)4-5-15(16)22)19(26-11-25-18)33-6-7-34-20-23-9-13(21)10-24-20/h4-5,8-12,27H,6-7H2,1-3H3,(H,25,26,28). The highest BCUT2D eigenvalue weighted by atomic mass is 79.9. The van der Waals surface area contributed by atoms with Crippen LogP contribution in [0.15, 0.2) is 41.4 Å². The number of methoxy groups -OCH3 is 2. The first kappa shape index (κ1) is 27.6. The molecule has 1 aromatic carbocycles. The minimum absolute atomic E-state index is 0.0101. The molecule has 0 saturated heterocycles. The Labute approximate surface area is 220 Å². The summed E-state index contributed by atoms with van der Waals surface area (Å²) < 4.78 is 57.5. The third-order valence-electron chi connectivity index (χ3n) is 4.18. The van der Waals surface area contributed by atoms with Crippen molar-refractivity contribution in [3.05, 3.63) is 46.4 Å². The van der Waals surface area contributed by atoms with Gasteiger partial charge in [0.25, 0.3) is 5.88 Å². The SMILES string of the molecule is COc1ccc(Cl)c(Oc2c(NS(=O)(=O)NC(C)OC)ncnc2OCCOc2ncc(Br)cn2)c1. The van der Waals surface area contributed by atoms with Crippen molar-refractivity contribution in [3.8, 4) is 29.1 Å². The summed E-state index contributed by atoms with van der Waals surface area (Å²) in [7, 11) is -1.29. The number of ether oxygens (including phenoxy) is 5. The quantitative estimate of drug-likeness (QED) is 0.218. The van der Waals surface area contributed by atoms with E-state index in [0.717, 1.165) is 6.33 Å². The van der Waals surface area contributed by atoms with E-state index in [1.807, 2.05) is 0 Å². The van der Waals surface area contributed by atoms with E-state index in [2.05, 4.69) is 45.3 Å². The summed E-state index contributed by atoms with van der Waals surface area (Å²) in [5, 5.41) is 0.223. The molecule has 0 fully saturated rings. The predicted molar refractivity (Wildman–Crippen MR) is 133 cm³/mol. The van der Waals surface area contributed by atoms with Crippen LogP contribution in [0.2, 0.25) is 5.02 Å². The molecule has 2 aromatic heterocycles. The fourth-order valence-electron chi connectivity index (χ4n) is 2.49. The Kier molecular flexibility index (Phi) is 9.83. The van der Waals surface area contributed by atoms with Gasteiger partial charge in [0.15, 0.2) is 5.82 Å². The molecule has 1 unspecified atom stereocenters. The van der Waals surface area contributed by atoms with Gasteiger partial charge >= 0.3 is 16.2 Å². The van der Waals surface area contributed by atoms with Gasteiger partial charge in [0.05, 0.1) is 16.6 Å². The van der Waals surface area contributed by atoms with E-state index < -0.39 is 16.4 Å². The van der Waals surface area contributed by atoms with Gasteiger partial charge in [-0.05, 0) is 35.0 Å². The minimum Gasteiger partial charge on any atom is -0.497 e. The normalized spacial score (nSPS) is 12.0. The zero-order chi connectivity index (χ0) is 26.1. The maximum Gasteiger partial charge on any atom is 0.316 e. The van der Waals surface area contributed by atoms with E-state index in [9.17, 15) is 8.42 Å². The molecule has 2 N–H and O–H groups in total. The van der Waals surface area contributed by atoms with Gasteiger partial charge in [0.2, 0.25) is 5.75 Å². The zero-order valence-electron chi connectivity index (χ0n) is 19.3. The van der Waals surface area contributed by atoms with Gasteiger partial charge in [-0.2, -0.15) is 18.1 Å². The number of hydrogen-bond donors (Lipinski definition) is 2. The topological polar surface area (TPSA) is 156 Å². The van der Waals surface area contributed by atoms with Gasteiger partial charge < -0.3 is 23.7 Å². The number of rotatable bonds is 13. The molecule has 0 amide bonds. The highest BCUT2D eigenvalue weighted by Crippen LogP contribution is 2.40. The maximum atomic E-state index is 12.6. The van der Waals surface area contributed by atoms with Crippen LogP contribution in [0.3, 0.4) is 0 Å². The van der Waals surface area contributed by atoms with Crippen LogP contribution >= 0.6 is 27.5 Å². The highest BCUT2D eigenvalue weighted by Gasteiger charge is 2.23. The molecule has 16 heteroatoms. The van der Waals surface area contributed by atoms with E-state index >= 15 is 0 Å². The van der Waals surface area contributed by atoms with Crippen LogP contribution in [0.4, 0.5) is 5.82 Å². The molecule has 0 spiro atoms. The van der Waals surface area contributed by atoms with E-state index in [1.54, 1.807) is 12.1 Å². The van der Waals surface area contributed by atoms with Gasteiger partial charge in [0.1, 0.15) is 37.3 Å². The van der Waals surface area contributed by atoms with Crippen LogP contribution in [0, 0.1) is 0 Å². The summed E-state index contributed by atoms with van der Waals surface area (Å²) in [5.41, 5.74) is 0. The van der Waals surface area contributed by atoms with Gasteiger partial charge in [-0.1, -0.05) is 11.6 Å². The summed E-state index contributed by atoms with van der Waals surface area (Å²) in [4.78, 5) is 16.1. The van der Waals surface area contributed by atoms with Crippen molar-refractivity contribution in [3.63, 3.8) is 0 Å². The number of hydrogen-bond acceptors (Lipinski definition) is 11. The lowest BCUT2D eigenvalue weighted by molar-refractivity contribution is 0.110. The smallest absolute Gasteiger partial charge is 0.316 e. The average Bonchev–Trinajstić information content (AvgIpc) is 2.85. The molecule has 0 saturated carbocycles. The van der Waals surface area contributed by atoms with Crippen molar-refractivity contribution in [2.75, 3.05) is 32.2 Å². The summed E-state index contributed by atoms with van der Waals surface area (Å²) in [6.45, 7) is 1.55. The second-order valence-electron chi connectivity index (χ2n) is 6.74. The highest BCUT2D eigenvalue weighted by molar-refractivity contribution is 9.10. The Bertz CT molecular complexity index is 1270. The first-order valence-corrected chi connectivity index (χ1v) is 12.8. The number of aromatic nitrogens is 4. The number of anilines is 1. The first-order valence-electron chi connectivity index (χ1n) is 10.1. The molecule has 3 aromatic rings. The molecule has 13 nitrogen and oxygen atoms in total. The Morgan fingerprint density at radius 1 is 1.08 bits per heavy atom. The second-order valence-corrected chi connectivity index (χ2v) is 9.51. The van der Waals surface area contributed by atoms with Gasteiger partial charge in [-0.3, -0.25) is 4.72 Å². The van der Waals surface area contributed by atoms with Crippen LogP contribution < -0.4 is 28.4 Å². The Balaban J connectivity index is 1.85. The summed E-state index contributed by atoms with van der Waals surface area (Å²) in [6.07, 6.45) is 3.36. The third-order valence-corrected chi connectivity index (χ3v) is 6.00. The number of nitrogens with zero attached hydrogens (tertiary/aromatic N) is 4. The largest absolute Gasteiger partial charge is 0.497 e. The van der Waals surface area contributed by atoms with Crippen molar-refractivity contribution in [2.24, 2.45) is 0 Å². The molecule has 2 heterocycles. The molecule has 3 rings (SSSR count). The van der Waals surface area contributed by atoms with Crippen molar-refractivity contribution < 1.29 is 32.1 Å². The predicted octanol–water partition coefficient (Wildman–Crippen LogP) is 3.18. The third kappa shape index (κ3) is 8.03. The lowest BCUT2D eigenvalue weighted by Gasteiger charge is -2.18. The van der Waals surface area contributed by atoms with Crippen LogP contribution in [0.5, 0.6) is 29.1 Å². The first-order chi connectivity index (χ1) is 17.2. The Morgan fingerprint density at radius 3 is 2.50 bits per heavy atom. The lowest BCUT2D eigenvalue weighted by Crippen LogP contribution is -2.38. The van der Waals surface area contributed by atoms with Crippen LogP contribution in [-0.2, 0) is 14.9 Å². The van der Waals surface area contributed by atoms with Gasteiger partial charge in [-0.15, -0.1) is 0 Å². The van der Waals surface area contributed by atoms with Crippen molar-refractivity contribution in [1.82, 2.24) is 24.7 Å². The van der Waals surface area contributed by atoms with E-state index in [0.29, 0.717) is 10.2 Å². The molecule has 0 bridgehead atoms. The van der Waals surface area contributed by atoms with Gasteiger partial charge in [0, 0.05) is 25.6 Å². The molecule has 1 atom stereocenters. The summed E-state index contributed by atoms with van der Waals surface area (Å²) >= 11 is 9.51. The fraction of sp³-hybridized carbons (Fsp3) is 0.300. The Morgan fingerprint density at radius 2 is 1.81 bits per heavy atom. The molecule has 0 aliphatic heterocycles. The summed E-state index contributed by atoms with van der Waals surface area (Å²) in [5.74, 6) is 0.153. The molecule has 194 valence electrons. The minimum atomic E-state index is -4.12. The second kappa shape index (κ2) is 12.8. The maximum absolute atomic E-state index is 12.6. The number of nitrogens with one attached hydrogen (secondary N) is 2. The van der Waals surface area contributed by atoms with Crippen molar-refractivity contribution in [2.45, 2.75) is 13.2 Å². The van der Waals surface area contributed by atoms with Gasteiger partial charge in [-0.25, -0.2) is 15.0 Å². The van der Waals surface area contributed by atoms with Crippen LogP contribution in [0.25, 0.3) is 0 Å². The van der Waals surface area contributed by atoms with Crippen LogP contribution in [-0.4, -0.2) is 62.0 Å². The van der Waals surface area contributed by atoms with Crippen molar-refractivity contribution in [1.29, 1.82) is 0 Å². The lowest BCUT2D eigenvalue weighted by atomic mass is 10.3. The molecular formula is C20H22BrClN6O7S. The van der Waals surface area contributed by atoms with Crippen LogP contribution in [0.1, 0.15) is 6.92 Å². The Hall–Kier alpha value is -2.98. The fourth-order valence-corrected chi connectivity index (χ4v) is 3.85. The number of benzene rings is 1. The van der Waals surface area contributed by atoms with E-state index in [1.165, 1.54) is 39.6 Å². The number of halogens is 2. The zero-order valence-corrected chi connectivity index (χ0v) is 22.4. The molecule has 0 aliphatic carbocycles. The summed E-state index contributed by atoms with van der Waals surface area (Å²) in [6, 6.07) is 4.85. The molecule has 0 radical (unpaired) electrons. The average molecular weight is 606 g/mol.